The summed E-state index contributed by atoms with van der Waals surface area (Å²) in [4.78, 5) is 2.20. The maximum Gasteiger partial charge on any atom is 0.175 e. The first-order valence-electron chi connectivity index (χ1n) is 3.73. The summed E-state index contributed by atoms with van der Waals surface area (Å²) in [5.41, 5.74) is 0. The Balaban J connectivity index is 2.23. The summed E-state index contributed by atoms with van der Waals surface area (Å²) in [6.07, 6.45) is 0.862. The van der Waals surface area contributed by atoms with Crippen LogP contribution in [0.2, 0.25) is 0 Å². The average Bonchev–Trinajstić information content (AvgIpc) is 2.52. The van der Waals surface area contributed by atoms with Crippen molar-refractivity contribution in [3.8, 4) is 0 Å². The Morgan fingerprint density at radius 3 is 2.91 bits per heavy atom. The fraction of sp³-hybridized carbons (Fsp3) is 0.833. The fourth-order valence-corrected chi connectivity index (χ4v) is 0.737. The Morgan fingerprint density at radius 2 is 2.36 bits per heavy atom. The van der Waals surface area contributed by atoms with Gasteiger partial charge in [-0.25, -0.2) is 0 Å². The van der Waals surface area contributed by atoms with E-state index < -0.39 is 0 Å². The normalized spacial score (nSPS) is 10.8. The molecule has 0 atom stereocenters. The first kappa shape index (κ1) is 8.13. The SMILES string of the molecule is CCN(C)CCc1nn[nH]n1. The molecule has 0 aromatic carbocycles. The van der Waals surface area contributed by atoms with Crippen molar-refractivity contribution in [1.82, 2.24) is 25.5 Å². The number of tetrazole rings is 1. The third kappa shape index (κ3) is 2.63. The van der Waals surface area contributed by atoms with E-state index in [4.69, 9.17) is 0 Å². The highest BCUT2D eigenvalue weighted by Crippen LogP contribution is 1.88. The highest BCUT2D eigenvalue weighted by Gasteiger charge is 1.99. The molecule has 0 fully saturated rings. The Bertz CT molecular complexity index is 183. The third-order valence-corrected chi connectivity index (χ3v) is 1.65. The zero-order chi connectivity index (χ0) is 8.10. The van der Waals surface area contributed by atoms with Crippen molar-refractivity contribution in [2.24, 2.45) is 0 Å². The molecule has 62 valence electrons. The summed E-state index contributed by atoms with van der Waals surface area (Å²) in [5.74, 6) is 0.783. The van der Waals surface area contributed by atoms with Crippen LogP contribution in [0.4, 0.5) is 0 Å². The molecule has 0 amide bonds. The second-order valence-electron chi connectivity index (χ2n) is 2.47. The number of rotatable bonds is 4. The van der Waals surface area contributed by atoms with Gasteiger partial charge in [0.05, 0.1) is 0 Å². The van der Waals surface area contributed by atoms with Gasteiger partial charge in [-0.1, -0.05) is 12.1 Å². The van der Waals surface area contributed by atoms with Gasteiger partial charge in [0.2, 0.25) is 0 Å². The van der Waals surface area contributed by atoms with Crippen LogP contribution in [0, 0.1) is 0 Å². The highest BCUT2D eigenvalue weighted by atomic mass is 15.5. The van der Waals surface area contributed by atoms with Gasteiger partial charge in [0.15, 0.2) is 5.82 Å². The van der Waals surface area contributed by atoms with Crippen LogP contribution < -0.4 is 0 Å². The van der Waals surface area contributed by atoms with Gasteiger partial charge in [0.1, 0.15) is 0 Å². The molecule has 0 saturated carbocycles. The van der Waals surface area contributed by atoms with Crippen molar-refractivity contribution < 1.29 is 0 Å². The largest absolute Gasteiger partial charge is 0.306 e. The van der Waals surface area contributed by atoms with Crippen LogP contribution in [0.1, 0.15) is 12.7 Å². The van der Waals surface area contributed by atoms with Gasteiger partial charge < -0.3 is 4.90 Å². The van der Waals surface area contributed by atoms with Crippen LogP contribution in [-0.2, 0) is 6.42 Å². The second kappa shape index (κ2) is 4.02. The van der Waals surface area contributed by atoms with Gasteiger partial charge in [-0.3, -0.25) is 0 Å². The Kier molecular flexibility index (Phi) is 2.97. The lowest BCUT2D eigenvalue weighted by Gasteiger charge is -2.10. The number of nitrogens with one attached hydrogen (secondary N) is 1. The van der Waals surface area contributed by atoms with Crippen molar-refractivity contribution in [3.63, 3.8) is 0 Å². The number of likely N-dealkylation sites (N-methyl/N-ethyl adjacent to an activating group) is 1. The smallest absolute Gasteiger partial charge is 0.175 e. The molecule has 0 saturated heterocycles. The lowest BCUT2D eigenvalue weighted by molar-refractivity contribution is 0.354. The van der Waals surface area contributed by atoms with Crippen LogP contribution in [-0.4, -0.2) is 45.7 Å². The van der Waals surface area contributed by atoms with E-state index in [0.717, 1.165) is 25.3 Å². The molecule has 0 unspecified atom stereocenters. The van der Waals surface area contributed by atoms with E-state index in [9.17, 15) is 0 Å². The molecule has 0 aliphatic rings. The van der Waals surface area contributed by atoms with E-state index in [-0.39, 0.29) is 0 Å². The van der Waals surface area contributed by atoms with E-state index >= 15 is 0 Å². The number of aromatic nitrogens is 4. The van der Waals surface area contributed by atoms with Crippen molar-refractivity contribution in [3.05, 3.63) is 5.82 Å². The third-order valence-electron chi connectivity index (χ3n) is 1.65. The zero-order valence-electron chi connectivity index (χ0n) is 6.91. The van der Waals surface area contributed by atoms with Crippen molar-refractivity contribution in [1.29, 1.82) is 0 Å². The van der Waals surface area contributed by atoms with Crippen LogP contribution >= 0.6 is 0 Å². The molecule has 1 rings (SSSR count). The molecule has 1 N–H and O–H groups in total. The molecule has 1 heterocycles. The summed E-state index contributed by atoms with van der Waals surface area (Å²) in [5, 5.41) is 13.6. The molecule has 1 aromatic heterocycles. The molecular formula is C6H13N5. The first-order chi connectivity index (χ1) is 5.33. The van der Waals surface area contributed by atoms with E-state index in [1.54, 1.807) is 0 Å². The number of nitrogens with zero attached hydrogens (tertiary/aromatic N) is 4. The molecule has 0 aliphatic carbocycles. The lowest BCUT2D eigenvalue weighted by atomic mass is 10.4. The van der Waals surface area contributed by atoms with Gasteiger partial charge in [0.25, 0.3) is 0 Å². The van der Waals surface area contributed by atoms with Gasteiger partial charge in [0, 0.05) is 13.0 Å². The minimum atomic E-state index is 0.783. The van der Waals surface area contributed by atoms with Crippen LogP contribution in [0.3, 0.4) is 0 Å². The highest BCUT2D eigenvalue weighted by molar-refractivity contribution is 4.76. The Morgan fingerprint density at radius 1 is 1.55 bits per heavy atom. The predicted octanol–water partition coefficient (Wildman–Crippen LogP) is -0.306. The van der Waals surface area contributed by atoms with Crippen LogP contribution in [0.5, 0.6) is 0 Å². The lowest BCUT2D eigenvalue weighted by Crippen LogP contribution is -2.20. The molecule has 5 nitrogen and oxygen atoms in total. The molecule has 0 radical (unpaired) electrons. The molecule has 5 heteroatoms. The average molecular weight is 155 g/mol. The topological polar surface area (TPSA) is 57.7 Å². The van der Waals surface area contributed by atoms with Crippen molar-refractivity contribution in [2.45, 2.75) is 13.3 Å². The Labute approximate surface area is 65.8 Å². The van der Waals surface area contributed by atoms with Crippen LogP contribution in [0.15, 0.2) is 0 Å². The van der Waals surface area contributed by atoms with Gasteiger partial charge in [-0.05, 0) is 13.6 Å². The first-order valence-corrected chi connectivity index (χ1v) is 3.73. The molecular weight excluding hydrogens is 142 g/mol. The monoisotopic (exact) mass is 155 g/mol. The maximum atomic E-state index is 3.85. The summed E-state index contributed by atoms with van der Waals surface area (Å²) in [6.45, 7) is 4.16. The van der Waals surface area contributed by atoms with E-state index in [0.29, 0.717) is 0 Å². The summed E-state index contributed by atoms with van der Waals surface area (Å²) < 4.78 is 0. The molecule has 11 heavy (non-hydrogen) atoms. The fourth-order valence-electron chi connectivity index (χ4n) is 0.737. The molecule has 1 aromatic rings. The van der Waals surface area contributed by atoms with Gasteiger partial charge >= 0.3 is 0 Å². The quantitative estimate of drug-likeness (QED) is 0.648. The number of H-pyrrole nitrogens is 1. The van der Waals surface area contributed by atoms with Crippen molar-refractivity contribution >= 4 is 0 Å². The number of hydrogen-bond acceptors (Lipinski definition) is 4. The van der Waals surface area contributed by atoms with Crippen molar-refractivity contribution in [2.75, 3.05) is 20.1 Å². The predicted molar refractivity (Wildman–Crippen MR) is 41.1 cm³/mol. The number of hydrogen-bond donors (Lipinski definition) is 1. The summed E-state index contributed by atoms with van der Waals surface area (Å²) in [7, 11) is 2.07. The molecule has 0 bridgehead atoms. The van der Waals surface area contributed by atoms with E-state index in [1.165, 1.54) is 0 Å². The van der Waals surface area contributed by atoms with Gasteiger partial charge in [-0.15, -0.1) is 10.2 Å². The van der Waals surface area contributed by atoms with E-state index in [1.807, 2.05) is 0 Å². The molecule has 0 aliphatic heterocycles. The van der Waals surface area contributed by atoms with Crippen LogP contribution in [0.25, 0.3) is 0 Å². The Hall–Kier alpha value is -0.970. The summed E-state index contributed by atoms with van der Waals surface area (Å²) >= 11 is 0. The molecule has 0 spiro atoms. The maximum absolute atomic E-state index is 3.85. The standard InChI is InChI=1S/C6H13N5/c1-3-11(2)5-4-6-7-9-10-8-6/h3-5H2,1-2H3,(H,7,8,9,10). The zero-order valence-corrected chi connectivity index (χ0v) is 6.91. The number of aromatic amines is 1. The minimum absolute atomic E-state index is 0.783. The van der Waals surface area contributed by atoms with E-state index in [2.05, 4.69) is 39.5 Å². The summed E-state index contributed by atoms with van der Waals surface area (Å²) in [6, 6.07) is 0. The minimum Gasteiger partial charge on any atom is -0.306 e. The second-order valence-corrected chi connectivity index (χ2v) is 2.47. The van der Waals surface area contributed by atoms with Gasteiger partial charge in [-0.2, -0.15) is 5.21 Å².